The molecular weight excluding hydrogens is 338 g/mol. The summed E-state index contributed by atoms with van der Waals surface area (Å²) >= 11 is 0. The lowest BCUT2D eigenvalue weighted by Crippen LogP contribution is -2.26. The van der Waals surface area contributed by atoms with E-state index in [0.29, 0.717) is 29.6 Å². The molecule has 3 aromatic rings. The Labute approximate surface area is 159 Å². The highest BCUT2D eigenvalue weighted by Crippen LogP contribution is 2.32. The standard InChI is InChI=1S/C21H27N5O/c1-2-14-26-20(27)17-19(24-18(23-17)16-10-6-7-11-16)25-21(26)22-13-12-15-8-4-3-5-9-15/h3-5,8-9,16H,2,6-7,10-14H2,1H3,(H,22,25)(H,23,24). The van der Waals surface area contributed by atoms with Crippen LogP contribution in [0.4, 0.5) is 5.95 Å². The lowest BCUT2D eigenvalue weighted by atomic mass is 10.1. The summed E-state index contributed by atoms with van der Waals surface area (Å²) in [6.07, 6.45) is 6.53. The second-order valence-corrected chi connectivity index (χ2v) is 7.36. The van der Waals surface area contributed by atoms with Gasteiger partial charge in [-0.2, -0.15) is 4.98 Å². The Bertz CT molecular complexity index is 954. The van der Waals surface area contributed by atoms with Crippen molar-refractivity contribution in [1.82, 2.24) is 19.5 Å². The van der Waals surface area contributed by atoms with E-state index in [0.717, 1.165) is 38.1 Å². The van der Waals surface area contributed by atoms with E-state index in [1.165, 1.54) is 18.4 Å². The molecule has 6 nitrogen and oxygen atoms in total. The van der Waals surface area contributed by atoms with E-state index >= 15 is 0 Å². The monoisotopic (exact) mass is 365 g/mol. The average molecular weight is 365 g/mol. The van der Waals surface area contributed by atoms with E-state index in [-0.39, 0.29) is 5.56 Å². The van der Waals surface area contributed by atoms with E-state index in [1.807, 2.05) is 18.2 Å². The van der Waals surface area contributed by atoms with E-state index in [9.17, 15) is 4.79 Å². The third kappa shape index (κ3) is 3.75. The minimum Gasteiger partial charge on any atom is -0.355 e. The second-order valence-electron chi connectivity index (χ2n) is 7.36. The fraction of sp³-hybridized carbons (Fsp3) is 0.476. The Kier molecular flexibility index (Phi) is 5.23. The summed E-state index contributed by atoms with van der Waals surface area (Å²) in [7, 11) is 0. The van der Waals surface area contributed by atoms with Crippen LogP contribution >= 0.6 is 0 Å². The van der Waals surface area contributed by atoms with E-state index in [1.54, 1.807) is 4.57 Å². The molecule has 142 valence electrons. The number of imidazole rings is 1. The number of hydrogen-bond donors (Lipinski definition) is 2. The van der Waals surface area contributed by atoms with Gasteiger partial charge in [-0.05, 0) is 31.2 Å². The maximum Gasteiger partial charge on any atom is 0.280 e. The van der Waals surface area contributed by atoms with Crippen LogP contribution in [-0.4, -0.2) is 26.1 Å². The van der Waals surface area contributed by atoms with Gasteiger partial charge in [0.15, 0.2) is 11.2 Å². The molecule has 2 N–H and O–H groups in total. The molecule has 0 saturated heterocycles. The number of rotatable bonds is 7. The number of anilines is 1. The molecule has 0 unspecified atom stereocenters. The molecule has 0 aliphatic heterocycles. The molecule has 6 heteroatoms. The second kappa shape index (κ2) is 7.94. The summed E-state index contributed by atoms with van der Waals surface area (Å²) in [6, 6.07) is 10.3. The fourth-order valence-corrected chi connectivity index (χ4v) is 3.93. The van der Waals surface area contributed by atoms with E-state index in [2.05, 4.69) is 39.3 Å². The van der Waals surface area contributed by atoms with Gasteiger partial charge in [0.05, 0.1) is 0 Å². The molecule has 0 bridgehead atoms. The molecule has 1 saturated carbocycles. The van der Waals surface area contributed by atoms with Crippen LogP contribution in [0, 0.1) is 0 Å². The van der Waals surface area contributed by atoms with Crippen LogP contribution in [0.25, 0.3) is 11.2 Å². The summed E-state index contributed by atoms with van der Waals surface area (Å²) < 4.78 is 1.74. The van der Waals surface area contributed by atoms with Gasteiger partial charge in [0.25, 0.3) is 5.56 Å². The largest absolute Gasteiger partial charge is 0.355 e. The van der Waals surface area contributed by atoms with Gasteiger partial charge in [0.1, 0.15) is 5.82 Å². The molecule has 2 aromatic heterocycles. The molecule has 1 aliphatic rings. The predicted octanol–water partition coefficient (Wildman–Crippen LogP) is 3.84. The van der Waals surface area contributed by atoms with Gasteiger partial charge in [-0.15, -0.1) is 0 Å². The van der Waals surface area contributed by atoms with Gasteiger partial charge < -0.3 is 10.3 Å². The normalized spacial score (nSPS) is 14.9. The predicted molar refractivity (Wildman–Crippen MR) is 108 cm³/mol. The zero-order valence-corrected chi connectivity index (χ0v) is 15.9. The number of aromatic amines is 1. The van der Waals surface area contributed by atoms with Crippen molar-refractivity contribution in [1.29, 1.82) is 0 Å². The van der Waals surface area contributed by atoms with Crippen molar-refractivity contribution in [2.24, 2.45) is 0 Å². The highest BCUT2D eigenvalue weighted by molar-refractivity contribution is 5.71. The van der Waals surface area contributed by atoms with Crippen LogP contribution in [-0.2, 0) is 13.0 Å². The van der Waals surface area contributed by atoms with Gasteiger partial charge in [0.2, 0.25) is 5.95 Å². The maximum absolute atomic E-state index is 13.0. The maximum atomic E-state index is 13.0. The first-order valence-electron chi connectivity index (χ1n) is 10.0. The Hall–Kier alpha value is -2.63. The third-order valence-electron chi connectivity index (χ3n) is 5.36. The quantitative estimate of drug-likeness (QED) is 0.667. The number of hydrogen-bond acceptors (Lipinski definition) is 4. The number of aromatic nitrogens is 4. The molecule has 0 atom stereocenters. The highest BCUT2D eigenvalue weighted by atomic mass is 16.1. The average Bonchev–Trinajstić information content (AvgIpc) is 3.35. The summed E-state index contributed by atoms with van der Waals surface area (Å²) in [6.45, 7) is 3.44. The van der Waals surface area contributed by atoms with Crippen LogP contribution in [0.2, 0.25) is 0 Å². The number of benzene rings is 1. The van der Waals surface area contributed by atoms with Gasteiger partial charge in [-0.25, -0.2) is 4.98 Å². The Morgan fingerprint density at radius 3 is 2.70 bits per heavy atom. The van der Waals surface area contributed by atoms with Crippen LogP contribution in [0.1, 0.15) is 56.3 Å². The van der Waals surface area contributed by atoms with E-state index in [4.69, 9.17) is 0 Å². The first-order chi connectivity index (χ1) is 13.3. The molecule has 4 rings (SSSR count). The summed E-state index contributed by atoms with van der Waals surface area (Å²) in [5.41, 5.74) is 2.31. The van der Waals surface area contributed by atoms with Crippen LogP contribution in [0.5, 0.6) is 0 Å². The van der Waals surface area contributed by atoms with Crippen molar-refractivity contribution in [2.45, 2.75) is 57.9 Å². The molecule has 1 aromatic carbocycles. The molecule has 0 spiro atoms. The van der Waals surface area contributed by atoms with Gasteiger partial charge in [-0.3, -0.25) is 9.36 Å². The summed E-state index contributed by atoms with van der Waals surface area (Å²) in [5.74, 6) is 1.99. The Morgan fingerprint density at radius 1 is 1.19 bits per heavy atom. The van der Waals surface area contributed by atoms with Gasteiger partial charge in [-0.1, -0.05) is 50.1 Å². The first-order valence-corrected chi connectivity index (χ1v) is 10.0. The molecule has 1 aliphatic carbocycles. The number of H-pyrrole nitrogens is 1. The molecule has 27 heavy (non-hydrogen) atoms. The van der Waals surface area contributed by atoms with Crippen molar-refractivity contribution in [3.05, 3.63) is 52.1 Å². The van der Waals surface area contributed by atoms with Crippen LogP contribution < -0.4 is 10.9 Å². The van der Waals surface area contributed by atoms with Crippen molar-refractivity contribution >= 4 is 17.1 Å². The van der Waals surface area contributed by atoms with Crippen molar-refractivity contribution in [3.63, 3.8) is 0 Å². The zero-order valence-electron chi connectivity index (χ0n) is 15.9. The van der Waals surface area contributed by atoms with E-state index < -0.39 is 0 Å². The van der Waals surface area contributed by atoms with Crippen molar-refractivity contribution in [3.8, 4) is 0 Å². The molecule has 0 amide bonds. The minimum atomic E-state index is -0.0270. The Morgan fingerprint density at radius 2 is 1.96 bits per heavy atom. The summed E-state index contributed by atoms with van der Waals surface area (Å²) in [4.78, 5) is 25.6. The molecule has 0 radical (unpaired) electrons. The molecular formula is C21H27N5O. The lowest BCUT2D eigenvalue weighted by molar-refractivity contribution is 0.651. The Balaban J connectivity index is 1.61. The third-order valence-corrected chi connectivity index (χ3v) is 5.36. The van der Waals surface area contributed by atoms with Crippen LogP contribution in [0.15, 0.2) is 35.1 Å². The SMILES string of the molecule is CCCn1c(NCCc2ccccc2)nc2nc(C3CCCC3)[nH]c2c1=O. The molecule has 2 heterocycles. The van der Waals surface area contributed by atoms with Crippen LogP contribution in [0.3, 0.4) is 0 Å². The smallest absolute Gasteiger partial charge is 0.280 e. The number of nitrogens with zero attached hydrogens (tertiary/aromatic N) is 3. The summed E-state index contributed by atoms with van der Waals surface area (Å²) in [5, 5.41) is 3.36. The zero-order chi connectivity index (χ0) is 18.6. The highest BCUT2D eigenvalue weighted by Gasteiger charge is 2.22. The van der Waals surface area contributed by atoms with Crippen molar-refractivity contribution < 1.29 is 0 Å². The molecule has 1 fully saturated rings. The minimum absolute atomic E-state index is 0.0270. The first kappa shape index (κ1) is 17.8. The fourth-order valence-electron chi connectivity index (χ4n) is 3.93. The van der Waals surface area contributed by atoms with Gasteiger partial charge >= 0.3 is 0 Å². The number of fused-ring (bicyclic) bond motifs is 1. The van der Waals surface area contributed by atoms with Crippen molar-refractivity contribution in [2.75, 3.05) is 11.9 Å². The lowest BCUT2D eigenvalue weighted by Gasteiger charge is -2.12. The topological polar surface area (TPSA) is 75.6 Å². The number of nitrogens with one attached hydrogen (secondary N) is 2. The van der Waals surface area contributed by atoms with Gasteiger partial charge in [0, 0.05) is 19.0 Å².